The van der Waals surface area contributed by atoms with E-state index in [4.69, 9.17) is 4.52 Å². The molecular weight excluding hydrogens is 285 g/mol. The van der Waals surface area contributed by atoms with Gasteiger partial charge in [-0.05, 0) is 27.2 Å². The van der Waals surface area contributed by atoms with Crippen molar-refractivity contribution < 1.29 is 13.8 Å². The highest BCUT2D eigenvalue weighted by molar-refractivity contribution is 9.10. The molecule has 0 spiro atoms. The topological polar surface area (TPSA) is 82.1 Å². The molecule has 0 fully saturated rings. The highest BCUT2D eigenvalue weighted by Gasteiger charge is 2.16. The second-order valence-corrected chi connectivity index (χ2v) is 3.50. The highest BCUT2D eigenvalue weighted by atomic mass is 79.9. The van der Waals surface area contributed by atoms with Crippen molar-refractivity contribution in [2.45, 2.75) is 0 Å². The first-order valence-corrected chi connectivity index (χ1v) is 4.81. The third kappa shape index (κ3) is 1.91. The molecule has 1 aromatic carbocycles. The Hall–Kier alpha value is -1.83. The highest BCUT2D eigenvalue weighted by Crippen LogP contribution is 2.25. The molecule has 16 heavy (non-hydrogen) atoms. The van der Waals surface area contributed by atoms with Crippen LogP contribution in [-0.2, 0) is 0 Å². The molecule has 2 rings (SSSR count). The van der Waals surface area contributed by atoms with E-state index in [2.05, 4.69) is 26.1 Å². The van der Waals surface area contributed by atoms with Crippen LogP contribution in [0.4, 0.5) is 10.1 Å². The van der Waals surface area contributed by atoms with Crippen molar-refractivity contribution in [1.29, 1.82) is 0 Å². The van der Waals surface area contributed by atoms with Gasteiger partial charge in [0.25, 0.3) is 11.6 Å². The normalized spacial score (nSPS) is 10.4. The number of nitro groups is 1. The van der Waals surface area contributed by atoms with Gasteiger partial charge in [-0.1, -0.05) is 0 Å². The molecule has 1 heterocycles. The second-order valence-electron chi connectivity index (χ2n) is 2.79. The van der Waals surface area contributed by atoms with Crippen LogP contribution >= 0.6 is 15.9 Å². The lowest BCUT2D eigenvalue weighted by atomic mass is 10.2. The van der Waals surface area contributed by atoms with Crippen LogP contribution in [0.3, 0.4) is 0 Å². The largest absolute Gasteiger partial charge is 0.333 e. The first-order valence-electron chi connectivity index (χ1n) is 4.01. The molecular formula is C8H3BrFN3O3. The average Bonchev–Trinajstić information content (AvgIpc) is 2.64. The van der Waals surface area contributed by atoms with Gasteiger partial charge in [-0.15, -0.1) is 0 Å². The van der Waals surface area contributed by atoms with Crippen LogP contribution in [0.5, 0.6) is 0 Å². The Labute approximate surface area is 96.4 Å². The van der Waals surface area contributed by atoms with E-state index in [1.54, 1.807) is 0 Å². The maximum absolute atomic E-state index is 13.5. The molecule has 0 bridgehead atoms. The molecule has 2 aromatic rings. The summed E-state index contributed by atoms with van der Waals surface area (Å²) in [5, 5.41) is 13.8. The van der Waals surface area contributed by atoms with Crippen LogP contribution in [0.2, 0.25) is 0 Å². The second kappa shape index (κ2) is 3.97. The standard InChI is InChI=1S/C8H3BrFN3O3/c9-8-11-7(16-12-8)5-2-1-4(13(14)15)3-6(5)10/h1-3H. The Morgan fingerprint density at radius 1 is 1.50 bits per heavy atom. The minimum atomic E-state index is -0.787. The predicted octanol–water partition coefficient (Wildman–Crippen LogP) is 2.55. The van der Waals surface area contributed by atoms with Crippen molar-refractivity contribution in [3.8, 4) is 11.5 Å². The molecule has 6 nitrogen and oxygen atoms in total. The number of non-ortho nitro benzene ring substituents is 1. The minimum Gasteiger partial charge on any atom is -0.333 e. The lowest BCUT2D eigenvalue weighted by molar-refractivity contribution is -0.385. The average molecular weight is 288 g/mol. The summed E-state index contributed by atoms with van der Waals surface area (Å²) in [4.78, 5) is 13.4. The van der Waals surface area contributed by atoms with Crippen molar-refractivity contribution in [1.82, 2.24) is 10.1 Å². The molecule has 0 aliphatic rings. The van der Waals surface area contributed by atoms with Gasteiger partial charge in [-0.2, -0.15) is 4.98 Å². The fourth-order valence-electron chi connectivity index (χ4n) is 1.11. The molecule has 82 valence electrons. The van der Waals surface area contributed by atoms with Crippen LogP contribution < -0.4 is 0 Å². The molecule has 8 heteroatoms. The number of rotatable bonds is 2. The SMILES string of the molecule is O=[N+]([O-])c1ccc(-c2nc(Br)no2)c(F)c1. The summed E-state index contributed by atoms with van der Waals surface area (Å²) in [6.45, 7) is 0. The lowest BCUT2D eigenvalue weighted by Crippen LogP contribution is -1.91. The van der Waals surface area contributed by atoms with Gasteiger partial charge < -0.3 is 4.52 Å². The van der Waals surface area contributed by atoms with Crippen LogP contribution in [0, 0.1) is 15.9 Å². The molecule has 0 atom stereocenters. The van der Waals surface area contributed by atoms with E-state index in [0.717, 1.165) is 12.1 Å². The number of nitrogens with zero attached hydrogens (tertiary/aromatic N) is 3. The summed E-state index contributed by atoms with van der Waals surface area (Å²) in [5.74, 6) is -0.829. The zero-order chi connectivity index (χ0) is 11.7. The lowest BCUT2D eigenvalue weighted by Gasteiger charge is -1.96. The first kappa shape index (κ1) is 10.7. The number of hydrogen-bond donors (Lipinski definition) is 0. The number of nitro benzene ring substituents is 1. The zero-order valence-corrected chi connectivity index (χ0v) is 9.14. The van der Waals surface area contributed by atoms with Crippen molar-refractivity contribution in [3.63, 3.8) is 0 Å². The van der Waals surface area contributed by atoms with Crippen LogP contribution in [0.15, 0.2) is 27.5 Å². The molecule has 0 radical (unpaired) electrons. The monoisotopic (exact) mass is 287 g/mol. The Morgan fingerprint density at radius 3 is 2.75 bits per heavy atom. The van der Waals surface area contributed by atoms with Gasteiger partial charge in [-0.3, -0.25) is 10.1 Å². The number of halogens is 2. The molecule has 0 unspecified atom stereocenters. The summed E-state index contributed by atoms with van der Waals surface area (Å²) in [6, 6.07) is 3.18. The Balaban J connectivity index is 2.47. The summed E-state index contributed by atoms with van der Waals surface area (Å²) in [7, 11) is 0. The van der Waals surface area contributed by atoms with Crippen LogP contribution in [0.25, 0.3) is 11.5 Å². The van der Waals surface area contributed by atoms with E-state index >= 15 is 0 Å². The minimum absolute atomic E-state index is 0.0174. The predicted molar refractivity (Wildman–Crippen MR) is 54.0 cm³/mol. The number of aromatic nitrogens is 2. The first-order chi connectivity index (χ1) is 7.58. The molecule has 0 saturated heterocycles. The summed E-state index contributed by atoms with van der Waals surface area (Å²) >= 11 is 2.95. The summed E-state index contributed by atoms with van der Waals surface area (Å²) in [5.41, 5.74) is -0.316. The van der Waals surface area contributed by atoms with E-state index in [1.807, 2.05) is 0 Å². The zero-order valence-electron chi connectivity index (χ0n) is 7.55. The van der Waals surface area contributed by atoms with Crippen molar-refractivity contribution in [2.24, 2.45) is 0 Å². The van der Waals surface area contributed by atoms with E-state index < -0.39 is 10.7 Å². The quantitative estimate of drug-likeness (QED) is 0.626. The van der Waals surface area contributed by atoms with E-state index in [-0.39, 0.29) is 21.9 Å². The Bertz CT molecular complexity index is 557. The number of benzene rings is 1. The summed E-state index contributed by atoms with van der Waals surface area (Å²) < 4.78 is 18.4. The van der Waals surface area contributed by atoms with Gasteiger partial charge in [0, 0.05) is 6.07 Å². The van der Waals surface area contributed by atoms with Crippen molar-refractivity contribution >= 4 is 21.6 Å². The molecule has 0 aliphatic carbocycles. The third-order valence-electron chi connectivity index (χ3n) is 1.80. The maximum Gasteiger partial charge on any atom is 0.272 e. The Morgan fingerprint density at radius 2 is 2.25 bits per heavy atom. The van der Waals surface area contributed by atoms with Gasteiger partial charge in [0.05, 0.1) is 16.6 Å². The van der Waals surface area contributed by atoms with E-state index in [1.165, 1.54) is 6.07 Å². The summed E-state index contributed by atoms with van der Waals surface area (Å²) in [6.07, 6.45) is 0. The molecule has 0 aliphatic heterocycles. The van der Waals surface area contributed by atoms with E-state index in [0.29, 0.717) is 0 Å². The number of hydrogen-bond acceptors (Lipinski definition) is 5. The van der Waals surface area contributed by atoms with Gasteiger partial charge in [0.1, 0.15) is 5.82 Å². The van der Waals surface area contributed by atoms with Gasteiger partial charge >= 0.3 is 0 Å². The van der Waals surface area contributed by atoms with E-state index in [9.17, 15) is 14.5 Å². The van der Waals surface area contributed by atoms with Gasteiger partial charge in [-0.25, -0.2) is 4.39 Å². The Kier molecular flexibility index (Phi) is 2.65. The van der Waals surface area contributed by atoms with Gasteiger partial charge in [0.2, 0.25) is 4.73 Å². The fraction of sp³-hybridized carbons (Fsp3) is 0. The fourth-order valence-corrected chi connectivity index (χ4v) is 1.34. The van der Waals surface area contributed by atoms with Crippen LogP contribution in [-0.4, -0.2) is 15.1 Å². The smallest absolute Gasteiger partial charge is 0.272 e. The molecule has 0 N–H and O–H groups in total. The van der Waals surface area contributed by atoms with Gasteiger partial charge in [0.15, 0.2) is 0 Å². The molecule has 0 saturated carbocycles. The van der Waals surface area contributed by atoms with Crippen LogP contribution in [0.1, 0.15) is 0 Å². The maximum atomic E-state index is 13.5. The molecule has 0 amide bonds. The van der Waals surface area contributed by atoms with Crippen molar-refractivity contribution in [2.75, 3.05) is 0 Å². The molecule has 1 aromatic heterocycles. The third-order valence-corrected chi connectivity index (χ3v) is 2.12. The van der Waals surface area contributed by atoms with Crippen molar-refractivity contribution in [3.05, 3.63) is 38.9 Å².